The summed E-state index contributed by atoms with van der Waals surface area (Å²) >= 11 is 0. The molecule has 0 atom stereocenters. The number of rotatable bonds is 47. The third-order valence-corrected chi connectivity index (χ3v) is 7.38. The van der Waals surface area contributed by atoms with Gasteiger partial charge in [0.15, 0.2) is 0 Å². The second kappa shape index (κ2) is 48.5. The first kappa shape index (κ1) is 49.5. The van der Waals surface area contributed by atoms with Crippen LogP contribution in [0.3, 0.4) is 0 Å². The zero-order valence-corrected chi connectivity index (χ0v) is 32.4. The van der Waals surface area contributed by atoms with Crippen LogP contribution in [0.2, 0.25) is 0 Å². The number of unbranched alkanes of at least 4 members (excludes halogenated alkanes) is 10. The molecule has 0 saturated heterocycles. The monoisotopic (exact) mass is 727 g/mol. The van der Waals surface area contributed by atoms with Crippen LogP contribution in [-0.2, 0) is 56.8 Å². The number of hydrogen-bond donors (Lipinski definition) is 0. The van der Waals surface area contributed by atoms with E-state index in [1.807, 2.05) is 0 Å². The van der Waals surface area contributed by atoms with Gasteiger partial charge in [-0.2, -0.15) is 0 Å². The minimum absolute atomic E-state index is 0.522. The molecule has 0 aliphatic heterocycles. The highest BCUT2D eigenvalue weighted by molar-refractivity contribution is 4.47. The molecule has 0 aromatic rings. The summed E-state index contributed by atoms with van der Waals surface area (Å²) in [4.78, 5) is 0. The SMILES string of the molecule is CCCCCCCCCCCCOCCOCCOCCOCCOCCOCCOCCOCCOCCOCCOCCOCCCC. The summed E-state index contributed by atoms with van der Waals surface area (Å²) in [6.07, 6.45) is 15.7. The Hall–Kier alpha value is -0.480. The summed E-state index contributed by atoms with van der Waals surface area (Å²) in [5, 5.41) is 0. The van der Waals surface area contributed by atoms with Crippen LogP contribution in [0, 0.1) is 0 Å². The van der Waals surface area contributed by atoms with Crippen molar-refractivity contribution in [3.8, 4) is 0 Å². The van der Waals surface area contributed by atoms with Crippen molar-refractivity contribution in [1.29, 1.82) is 0 Å². The van der Waals surface area contributed by atoms with Crippen LogP contribution in [0.4, 0.5) is 0 Å². The lowest BCUT2D eigenvalue weighted by Crippen LogP contribution is -2.15. The summed E-state index contributed by atoms with van der Waals surface area (Å²) in [6.45, 7) is 18.3. The predicted molar refractivity (Wildman–Crippen MR) is 197 cm³/mol. The summed E-state index contributed by atoms with van der Waals surface area (Å²) in [6, 6.07) is 0. The average molecular weight is 727 g/mol. The number of hydrogen-bond acceptors (Lipinski definition) is 12. The fourth-order valence-electron chi connectivity index (χ4n) is 4.46. The maximum absolute atomic E-state index is 5.65. The molecule has 0 radical (unpaired) electrons. The van der Waals surface area contributed by atoms with Gasteiger partial charge in [-0.1, -0.05) is 78.1 Å². The molecule has 12 nitrogen and oxygen atoms in total. The van der Waals surface area contributed by atoms with E-state index in [2.05, 4.69) is 13.8 Å². The molecule has 0 heterocycles. The van der Waals surface area contributed by atoms with Crippen LogP contribution >= 0.6 is 0 Å². The average Bonchev–Trinajstić information content (AvgIpc) is 3.13. The third-order valence-electron chi connectivity index (χ3n) is 7.38. The summed E-state index contributed by atoms with van der Waals surface area (Å²) in [5.74, 6) is 0. The molecule has 0 aliphatic rings. The number of ether oxygens (including phenoxy) is 12. The second-order valence-electron chi connectivity index (χ2n) is 11.9. The van der Waals surface area contributed by atoms with Gasteiger partial charge in [0.1, 0.15) is 0 Å². The first-order valence-electron chi connectivity index (χ1n) is 19.8. The van der Waals surface area contributed by atoms with Gasteiger partial charge < -0.3 is 56.8 Å². The van der Waals surface area contributed by atoms with Crippen LogP contribution in [0.1, 0.15) is 90.9 Å². The second-order valence-corrected chi connectivity index (χ2v) is 11.9. The largest absolute Gasteiger partial charge is 0.379 e. The van der Waals surface area contributed by atoms with Gasteiger partial charge >= 0.3 is 0 Å². The van der Waals surface area contributed by atoms with Crippen molar-refractivity contribution in [3.63, 3.8) is 0 Å². The quantitative estimate of drug-likeness (QED) is 0.0696. The van der Waals surface area contributed by atoms with Gasteiger partial charge in [-0.25, -0.2) is 0 Å². The molecule has 0 unspecified atom stereocenters. The van der Waals surface area contributed by atoms with Crippen molar-refractivity contribution in [3.05, 3.63) is 0 Å². The minimum Gasteiger partial charge on any atom is -0.379 e. The van der Waals surface area contributed by atoms with E-state index in [-0.39, 0.29) is 0 Å². The zero-order chi connectivity index (χ0) is 35.9. The predicted octanol–water partition coefficient (Wildman–Crippen LogP) is 5.91. The zero-order valence-electron chi connectivity index (χ0n) is 32.4. The van der Waals surface area contributed by atoms with Crippen molar-refractivity contribution >= 4 is 0 Å². The van der Waals surface area contributed by atoms with Crippen LogP contribution in [0.25, 0.3) is 0 Å². The van der Waals surface area contributed by atoms with E-state index in [4.69, 9.17) is 56.8 Å². The first-order chi connectivity index (χ1) is 24.9. The molecule has 0 aromatic carbocycles. The summed E-state index contributed by atoms with van der Waals surface area (Å²) in [7, 11) is 0. The standard InChI is InChI=1S/C38H78O12/c1-3-5-7-8-9-10-11-12-13-14-16-40-18-20-42-22-24-44-26-28-46-30-32-48-34-36-50-38-37-49-35-33-47-31-29-45-27-25-43-23-21-41-19-17-39-15-6-4-2/h3-38H2,1-2H3. The van der Waals surface area contributed by atoms with E-state index in [0.29, 0.717) is 145 Å². The molecule has 0 spiro atoms. The molecule has 0 bridgehead atoms. The van der Waals surface area contributed by atoms with Crippen molar-refractivity contribution < 1.29 is 56.8 Å². The van der Waals surface area contributed by atoms with Gasteiger partial charge in [-0.15, -0.1) is 0 Å². The van der Waals surface area contributed by atoms with Gasteiger partial charge in [0.2, 0.25) is 0 Å². The molecule has 0 aliphatic carbocycles. The normalized spacial score (nSPS) is 11.6. The van der Waals surface area contributed by atoms with Crippen molar-refractivity contribution in [2.75, 3.05) is 159 Å². The molecule has 0 saturated carbocycles. The fourth-order valence-corrected chi connectivity index (χ4v) is 4.46. The first-order valence-corrected chi connectivity index (χ1v) is 19.8. The lowest BCUT2D eigenvalue weighted by atomic mass is 10.1. The summed E-state index contributed by atoms with van der Waals surface area (Å²) < 4.78 is 66.1. The molecular weight excluding hydrogens is 648 g/mol. The Bertz CT molecular complexity index is 528. The van der Waals surface area contributed by atoms with E-state index < -0.39 is 0 Å². The lowest BCUT2D eigenvalue weighted by molar-refractivity contribution is -0.0283. The van der Waals surface area contributed by atoms with E-state index in [1.54, 1.807) is 0 Å². The van der Waals surface area contributed by atoms with Crippen LogP contribution in [-0.4, -0.2) is 159 Å². The third kappa shape index (κ3) is 47.5. The van der Waals surface area contributed by atoms with Crippen LogP contribution < -0.4 is 0 Å². The highest BCUT2D eigenvalue weighted by Crippen LogP contribution is 2.10. The highest BCUT2D eigenvalue weighted by Gasteiger charge is 1.97. The molecule has 302 valence electrons. The smallest absolute Gasteiger partial charge is 0.0701 e. The molecule has 0 N–H and O–H groups in total. The van der Waals surface area contributed by atoms with Gasteiger partial charge in [0.25, 0.3) is 0 Å². The van der Waals surface area contributed by atoms with Crippen LogP contribution in [0.5, 0.6) is 0 Å². The van der Waals surface area contributed by atoms with Gasteiger partial charge in [-0.05, 0) is 12.8 Å². The van der Waals surface area contributed by atoms with E-state index in [9.17, 15) is 0 Å². The van der Waals surface area contributed by atoms with E-state index in [0.717, 1.165) is 32.5 Å². The molecule has 0 rings (SSSR count). The van der Waals surface area contributed by atoms with Crippen molar-refractivity contribution in [2.24, 2.45) is 0 Å². The maximum atomic E-state index is 5.65. The van der Waals surface area contributed by atoms with Crippen molar-refractivity contribution in [1.82, 2.24) is 0 Å². The molecular formula is C38H78O12. The fraction of sp³-hybridized carbons (Fsp3) is 1.00. The van der Waals surface area contributed by atoms with Crippen LogP contribution in [0.15, 0.2) is 0 Å². The van der Waals surface area contributed by atoms with Gasteiger partial charge in [0.05, 0.1) is 145 Å². The Morgan fingerprint density at radius 1 is 0.160 bits per heavy atom. The molecule has 0 fully saturated rings. The Labute approximate surface area is 306 Å². The van der Waals surface area contributed by atoms with E-state index in [1.165, 1.54) is 57.8 Å². The Kier molecular flexibility index (Phi) is 48.1. The van der Waals surface area contributed by atoms with Gasteiger partial charge in [0, 0.05) is 13.2 Å². The Morgan fingerprint density at radius 2 is 0.320 bits per heavy atom. The molecule has 50 heavy (non-hydrogen) atoms. The molecule has 12 heteroatoms. The Balaban J connectivity index is 3.04. The molecule has 0 amide bonds. The minimum atomic E-state index is 0.522. The topological polar surface area (TPSA) is 111 Å². The Morgan fingerprint density at radius 3 is 0.540 bits per heavy atom. The van der Waals surface area contributed by atoms with Gasteiger partial charge in [-0.3, -0.25) is 0 Å². The van der Waals surface area contributed by atoms with E-state index >= 15 is 0 Å². The lowest BCUT2D eigenvalue weighted by Gasteiger charge is -2.09. The maximum Gasteiger partial charge on any atom is 0.0701 e. The highest BCUT2D eigenvalue weighted by atomic mass is 16.6. The summed E-state index contributed by atoms with van der Waals surface area (Å²) in [5.41, 5.74) is 0. The van der Waals surface area contributed by atoms with Crippen molar-refractivity contribution in [2.45, 2.75) is 90.9 Å². The molecule has 0 aromatic heterocycles.